The standard InChI is InChI=1S/C18H19NO4/c1-2-22-18(21)19-13-15-8-10-16(11-9-15)23-17(20)12-14-6-4-3-5-7-14/h3-11H,2,12-13H2,1H3,(H,19,21). The summed E-state index contributed by atoms with van der Waals surface area (Å²) in [5.41, 5.74) is 1.80. The number of amides is 1. The maximum atomic E-state index is 11.9. The number of carbonyl (C=O) groups excluding carboxylic acids is 2. The zero-order valence-corrected chi connectivity index (χ0v) is 13.0. The van der Waals surface area contributed by atoms with E-state index in [4.69, 9.17) is 9.47 Å². The number of ether oxygens (including phenoxy) is 2. The Morgan fingerprint density at radius 1 is 0.957 bits per heavy atom. The molecule has 2 aromatic carbocycles. The van der Waals surface area contributed by atoms with Crippen LogP contribution in [0.4, 0.5) is 4.79 Å². The number of hydrogen-bond acceptors (Lipinski definition) is 4. The van der Waals surface area contributed by atoms with Crippen LogP contribution in [0.3, 0.4) is 0 Å². The van der Waals surface area contributed by atoms with Gasteiger partial charge < -0.3 is 14.8 Å². The third kappa shape index (κ3) is 5.82. The topological polar surface area (TPSA) is 64.6 Å². The average molecular weight is 313 g/mol. The minimum absolute atomic E-state index is 0.229. The highest BCUT2D eigenvalue weighted by atomic mass is 16.5. The summed E-state index contributed by atoms with van der Waals surface area (Å²) in [6.07, 6.45) is -0.224. The number of nitrogens with one attached hydrogen (secondary N) is 1. The molecule has 0 aliphatic rings. The second-order valence-corrected chi connectivity index (χ2v) is 4.85. The van der Waals surface area contributed by atoms with Gasteiger partial charge in [0, 0.05) is 6.54 Å². The Kier molecular flexibility index (Phi) is 6.17. The highest BCUT2D eigenvalue weighted by molar-refractivity contribution is 5.75. The summed E-state index contributed by atoms with van der Waals surface area (Å²) in [6.45, 7) is 2.44. The number of benzene rings is 2. The molecular weight excluding hydrogens is 294 g/mol. The molecule has 1 amide bonds. The normalized spacial score (nSPS) is 9.96. The second kappa shape index (κ2) is 8.58. The van der Waals surface area contributed by atoms with E-state index < -0.39 is 6.09 Å². The molecule has 0 fully saturated rings. The molecule has 0 spiro atoms. The predicted octanol–water partition coefficient (Wildman–Crippen LogP) is 3.08. The van der Waals surface area contributed by atoms with Crippen LogP contribution in [-0.4, -0.2) is 18.7 Å². The van der Waals surface area contributed by atoms with Crippen molar-refractivity contribution < 1.29 is 19.1 Å². The molecule has 2 aromatic rings. The van der Waals surface area contributed by atoms with Crippen molar-refractivity contribution in [1.82, 2.24) is 5.32 Å². The molecule has 0 radical (unpaired) electrons. The molecule has 23 heavy (non-hydrogen) atoms. The molecule has 0 unspecified atom stereocenters. The lowest BCUT2D eigenvalue weighted by Gasteiger charge is -2.07. The summed E-state index contributed by atoms with van der Waals surface area (Å²) in [6, 6.07) is 16.4. The van der Waals surface area contributed by atoms with Gasteiger partial charge in [-0.3, -0.25) is 4.79 Å². The van der Waals surface area contributed by atoms with E-state index >= 15 is 0 Å². The van der Waals surface area contributed by atoms with Gasteiger partial charge in [-0.15, -0.1) is 0 Å². The summed E-state index contributed by atoms with van der Waals surface area (Å²) in [7, 11) is 0. The van der Waals surface area contributed by atoms with Crippen molar-refractivity contribution in [1.29, 1.82) is 0 Å². The van der Waals surface area contributed by atoms with E-state index in [1.807, 2.05) is 30.3 Å². The van der Waals surface area contributed by atoms with Crippen LogP contribution in [0.5, 0.6) is 5.75 Å². The molecule has 0 aliphatic heterocycles. The molecule has 0 aliphatic carbocycles. The molecule has 2 rings (SSSR count). The predicted molar refractivity (Wildman–Crippen MR) is 86.1 cm³/mol. The van der Waals surface area contributed by atoms with E-state index in [1.165, 1.54) is 0 Å². The maximum absolute atomic E-state index is 11.9. The number of rotatable bonds is 6. The van der Waals surface area contributed by atoms with E-state index in [1.54, 1.807) is 31.2 Å². The Balaban J connectivity index is 1.82. The van der Waals surface area contributed by atoms with Crippen LogP contribution in [0, 0.1) is 0 Å². The van der Waals surface area contributed by atoms with Crippen LogP contribution < -0.4 is 10.1 Å². The Hall–Kier alpha value is -2.82. The van der Waals surface area contributed by atoms with Crippen LogP contribution in [0.2, 0.25) is 0 Å². The molecule has 120 valence electrons. The first-order valence-electron chi connectivity index (χ1n) is 7.41. The van der Waals surface area contributed by atoms with Gasteiger partial charge >= 0.3 is 12.1 Å². The Morgan fingerprint density at radius 3 is 2.30 bits per heavy atom. The molecule has 0 heterocycles. The van der Waals surface area contributed by atoms with Crippen molar-refractivity contribution in [2.45, 2.75) is 19.9 Å². The minimum Gasteiger partial charge on any atom is -0.450 e. The number of alkyl carbamates (subject to hydrolysis) is 1. The maximum Gasteiger partial charge on any atom is 0.407 e. The van der Waals surface area contributed by atoms with Crippen LogP contribution in [0.1, 0.15) is 18.1 Å². The summed E-state index contributed by atoms with van der Waals surface area (Å²) in [5.74, 6) is 0.166. The van der Waals surface area contributed by atoms with Crippen LogP contribution >= 0.6 is 0 Å². The van der Waals surface area contributed by atoms with Crippen molar-refractivity contribution in [2.24, 2.45) is 0 Å². The van der Waals surface area contributed by atoms with Crippen molar-refractivity contribution in [3.05, 3.63) is 65.7 Å². The van der Waals surface area contributed by atoms with Crippen molar-refractivity contribution in [3.63, 3.8) is 0 Å². The highest BCUT2D eigenvalue weighted by Gasteiger charge is 2.06. The number of carbonyl (C=O) groups is 2. The lowest BCUT2D eigenvalue weighted by molar-refractivity contribution is -0.133. The van der Waals surface area contributed by atoms with E-state index in [0.29, 0.717) is 18.9 Å². The molecule has 0 atom stereocenters. The minimum atomic E-state index is -0.453. The number of hydrogen-bond donors (Lipinski definition) is 1. The summed E-state index contributed by atoms with van der Waals surface area (Å²) < 4.78 is 10.1. The second-order valence-electron chi connectivity index (χ2n) is 4.85. The average Bonchev–Trinajstić information content (AvgIpc) is 2.55. The monoisotopic (exact) mass is 313 g/mol. The smallest absolute Gasteiger partial charge is 0.407 e. The van der Waals surface area contributed by atoms with Gasteiger partial charge in [0.15, 0.2) is 0 Å². The molecule has 0 saturated carbocycles. The SMILES string of the molecule is CCOC(=O)NCc1ccc(OC(=O)Cc2ccccc2)cc1. The van der Waals surface area contributed by atoms with Gasteiger partial charge in [0.2, 0.25) is 0 Å². The van der Waals surface area contributed by atoms with Gasteiger partial charge in [0.05, 0.1) is 13.0 Å². The van der Waals surface area contributed by atoms with Gasteiger partial charge in [-0.1, -0.05) is 42.5 Å². The molecule has 1 N–H and O–H groups in total. The molecule has 0 bridgehead atoms. The fraction of sp³-hybridized carbons (Fsp3) is 0.222. The van der Waals surface area contributed by atoms with Crippen molar-refractivity contribution in [3.8, 4) is 5.75 Å². The lowest BCUT2D eigenvalue weighted by Crippen LogP contribution is -2.23. The van der Waals surface area contributed by atoms with Crippen molar-refractivity contribution in [2.75, 3.05) is 6.61 Å². The molecule has 0 saturated heterocycles. The third-order valence-electron chi connectivity index (χ3n) is 3.06. The van der Waals surface area contributed by atoms with Crippen LogP contribution in [0.15, 0.2) is 54.6 Å². The zero-order valence-electron chi connectivity index (χ0n) is 13.0. The van der Waals surface area contributed by atoms with E-state index in [2.05, 4.69) is 5.32 Å². The summed E-state index contributed by atoms with van der Waals surface area (Å²) in [5, 5.41) is 2.62. The summed E-state index contributed by atoms with van der Waals surface area (Å²) >= 11 is 0. The molecule has 5 heteroatoms. The fourth-order valence-electron chi connectivity index (χ4n) is 1.96. The van der Waals surface area contributed by atoms with Gasteiger partial charge in [-0.25, -0.2) is 4.79 Å². The fourth-order valence-corrected chi connectivity index (χ4v) is 1.96. The highest BCUT2D eigenvalue weighted by Crippen LogP contribution is 2.13. The molecular formula is C18H19NO4. The number of esters is 1. The van der Waals surface area contributed by atoms with E-state index in [9.17, 15) is 9.59 Å². The van der Waals surface area contributed by atoms with Crippen LogP contribution in [0.25, 0.3) is 0 Å². The Bertz CT molecular complexity index is 638. The summed E-state index contributed by atoms with van der Waals surface area (Å²) in [4.78, 5) is 23.1. The zero-order chi connectivity index (χ0) is 16.5. The van der Waals surface area contributed by atoms with Gasteiger partial charge in [0.1, 0.15) is 5.75 Å². The Morgan fingerprint density at radius 2 is 1.65 bits per heavy atom. The van der Waals surface area contributed by atoms with E-state index in [0.717, 1.165) is 11.1 Å². The van der Waals surface area contributed by atoms with Crippen molar-refractivity contribution >= 4 is 12.1 Å². The first-order chi connectivity index (χ1) is 11.2. The van der Waals surface area contributed by atoms with Crippen LogP contribution in [-0.2, 0) is 22.5 Å². The van der Waals surface area contributed by atoms with Gasteiger partial charge in [-0.2, -0.15) is 0 Å². The third-order valence-corrected chi connectivity index (χ3v) is 3.06. The van der Waals surface area contributed by atoms with Gasteiger partial charge in [0.25, 0.3) is 0 Å². The first-order valence-corrected chi connectivity index (χ1v) is 7.41. The Labute approximate surface area is 135 Å². The van der Waals surface area contributed by atoms with E-state index in [-0.39, 0.29) is 12.4 Å². The molecule has 5 nitrogen and oxygen atoms in total. The largest absolute Gasteiger partial charge is 0.450 e. The quantitative estimate of drug-likeness (QED) is 0.657. The lowest BCUT2D eigenvalue weighted by atomic mass is 10.1. The van der Waals surface area contributed by atoms with Gasteiger partial charge in [-0.05, 0) is 30.2 Å². The first kappa shape index (κ1) is 16.5. The molecule has 0 aromatic heterocycles.